The number of carbonyl (C=O) groups is 1. The Morgan fingerprint density at radius 1 is 1.33 bits per heavy atom. The van der Waals surface area contributed by atoms with E-state index in [2.05, 4.69) is 36.7 Å². The number of carboxylic acid groups (broad SMARTS) is 1. The molecule has 2 rings (SSSR count). The molecule has 96 valence electrons. The van der Waals surface area contributed by atoms with E-state index >= 15 is 0 Å². The molecule has 3 nitrogen and oxygen atoms in total. The molecule has 0 spiro atoms. The van der Waals surface area contributed by atoms with E-state index in [0.29, 0.717) is 6.42 Å². The monoisotopic (exact) mass is 245 g/mol. The topological polar surface area (TPSA) is 42.2 Å². The summed E-state index contributed by atoms with van der Waals surface area (Å²) in [6.45, 7) is 4.22. The molecule has 0 bridgehead atoms. The van der Waals surface area contributed by atoms with Gasteiger partial charge in [-0.25, -0.2) is 0 Å². The van der Waals surface area contributed by atoms with Gasteiger partial charge in [-0.05, 0) is 49.4 Å². The van der Waals surface area contributed by atoms with E-state index in [-0.39, 0.29) is 6.42 Å². The second-order valence-corrected chi connectivity index (χ2v) is 4.99. The van der Waals surface area contributed by atoms with Crippen molar-refractivity contribution in [3.05, 3.63) is 35.0 Å². The molecule has 0 aliphatic carbocycles. The summed E-state index contributed by atoms with van der Waals surface area (Å²) in [4.78, 5) is 10.6. The van der Waals surface area contributed by atoms with Gasteiger partial charge in [-0.15, -0.1) is 0 Å². The average molecular weight is 245 g/mol. The van der Waals surface area contributed by atoms with E-state index in [4.69, 9.17) is 5.11 Å². The molecule has 1 heterocycles. The van der Waals surface area contributed by atoms with Crippen LogP contribution in [0.3, 0.4) is 0 Å². The number of fused-ring (bicyclic) bond motifs is 1. The van der Waals surface area contributed by atoms with Gasteiger partial charge in [0.05, 0.1) is 0 Å². The highest BCUT2D eigenvalue weighted by Gasteiger charge is 2.10. The Morgan fingerprint density at radius 3 is 2.72 bits per heavy atom. The minimum Gasteiger partial charge on any atom is -0.481 e. The number of hydrogen-bond donors (Lipinski definition) is 1. The third-order valence-corrected chi connectivity index (χ3v) is 3.35. The largest absolute Gasteiger partial charge is 0.481 e. The normalized spacial score (nSPS) is 11.1. The lowest BCUT2D eigenvalue weighted by Gasteiger charge is -2.03. The summed E-state index contributed by atoms with van der Waals surface area (Å²) in [6, 6.07) is 4.37. The Bertz CT molecular complexity index is 596. The summed E-state index contributed by atoms with van der Waals surface area (Å²) < 4.78 is 2.13. The van der Waals surface area contributed by atoms with Crippen molar-refractivity contribution in [1.29, 1.82) is 0 Å². The molecular formula is C15H19NO2. The smallest absolute Gasteiger partial charge is 0.303 e. The summed E-state index contributed by atoms with van der Waals surface area (Å²) in [5, 5.41) is 9.98. The Hall–Kier alpha value is -1.77. The number of benzene rings is 1. The number of aliphatic carboxylic acids is 1. The third kappa shape index (κ3) is 2.40. The Kier molecular flexibility index (Phi) is 3.41. The summed E-state index contributed by atoms with van der Waals surface area (Å²) in [6.07, 6.45) is 3.88. The van der Waals surface area contributed by atoms with Crippen molar-refractivity contribution in [1.82, 2.24) is 4.57 Å². The first-order valence-electron chi connectivity index (χ1n) is 6.26. The molecule has 1 aromatic carbocycles. The van der Waals surface area contributed by atoms with E-state index in [1.54, 1.807) is 0 Å². The van der Waals surface area contributed by atoms with Crippen LogP contribution in [0.2, 0.25) is 0 Å². The van der Waals surface area contributed by atoms with Crippen LogP contribution in [0.25, 0.3) is 10.9 Å². The molecule has 0 saturated heterocycles. The molecule has 3 heteroatoms. The minimum atomic E-state index is -0.720. The third-order valence-electron chi connectivity index (χ3n) is 3.35. The Morgan fingerprint density at radius 2 is 2.06 bits per heavy atom. The number of rotatable bonds is 4. The van der Waals surface area contributed by atoms with Crippen molar-refractivity contribution in [2.75, 3.05) is 0 Å². The van der Waals surface area contributed by atoms with E-state index in [0.717, 1.165) is 6.42 Å². The summed E-state index contributed by atoms with van der Waals surface area (Å²) >= 11 is 0. The van der Waals surface area contributed by atoms with Crippen molar-refractivity contribution in [2.24, 2.45) is 7.05 Å². The molecule has 18 heavy (non-hydrogen) atoms. The second-order valence-electron chi connectivity index (χ2n) is 4.99. The maximum absolute atomic E-state index is 10.6. The fourth-order valence-electron chi connectivity index (χ4n) is 2.63. The molecular weight excluding hydrogens is 226 g/mol. The molecule has 0 radical (unpaired) electrons. The molecule has 2 aromatic rings. The van der Waals surface area contributed by atoms with Crippen LogP contribution in [0, 0.1) is 13.8 Å². The zero-order chi connectivity index (χ0) is 13.3. The first-order valence-corrected chi connectivity index (χ1v) is 6.26. The molecule has 1 aromatic heterocycles. The number of aryl methyl sites for hydroxylation is 4. The predicted octanol–water partition coefficient (Wildman–Crippen LogP) is 3.20. The minimum absolute atomic E-state index is 0.237. The zero-order valence-electron chi connectivity index (χ0n) is 11.2. The molecule has 0 fully saturated rings. The van der Waals surface area contributed by atoms with E-state index < -0.39 is 5.97 Å². The highest BCUT2D eigenvalue weighted by atomic mass is 16.4. The van der Waals surface area contributed by atoms with Crippen molar-refractivity contribution in [2.45, 2.75) is 33.1 Å². The van der Waals surface area contributed by atoms with Crippen molar-refractivity contribution in [3.63, 3.8) is 0 Å². The van der Waals surface area contributed by atoms with Crippen LogP contribution < -0.4 is 0 Å². The first-order chi connectivity index (χ1) is 8.49. The molecule has 0 saturated carbocycles. The number of carboxylic acids is 1. The first kappa shape index (κ1) is 12.7. The fourth-order valence-corrected chi connectivity index (χ4v) is 2.63. The molecule has 1 N–H and O–H groups in total. The molecule has 0 aliphatic heterocycles. The molecule has 0 aliphatic rings. The van der Waals surface area contributed by atoms with Gasteiger partial charge in [0, 0.05) is 30.6 Å². The predicted molar refractivity (Wildman–Crippen MR) is 73.0 cm³/mol. The van der Waals surface area contributed by atoms with E-state index in [1.165, 1.54) is 27.6 Å². The number of nitrogens with zero attached hydrogens (tertiary/aromatic N) is 1. The van der Waals surface area contributed by atoms with Crippen LogP contribution in [0.4, 0.5) is 0 Å². The SMILES string of the molecule is Cc1cc(C)c2c(CCCC(=O)O)cn(C)c2c1. The summed E-state index contributed by atoms with van der Waals surface area (Å²) in [5.74, 6) is -0.720. The van der Waals surface area contributed by atoms with Crippen molar-refractivity contribution >= 4 is 16.9 Å². The zero-order valence-corrected chi connectivity index (χ0v) is 11.2. The van der Waals surface area contributed by atoms with Crippen LogP contribution in [0.15, 0.2) is 18.3 Å². The fraction of sp³-hybridized carbons (Fsp3) is 0.400. The van der Waals surface area contributed by atoms with Crippen LogP contribution in [-0.4, -0.2) is 15.6 Å². The average Bonchev–Trinajstić information content (AvgIpc) is 2.55. The maximum atomic E-state index is 10.6. The van der Waals surface area contributed by atoms with Gasteiger partial charge in [-0.3, -0.25) is 4.79 Å². The molecule has 0 atom stereocenters. The van der Waals surface area contributed by atoms with Crippen molar-refractivity contribution in [3.8, 4) is 0 Å². The van der Waals surface area contributed by atoms with Gasteiger partial charge in [-0.1, -0.05) is 6.07 Å². The van der Waals surface area contributed by atoms with Gasteiger partial charge in [0.2, 0.25) is 0 Å². The van der Waals surface area contributed by atoms with Crippen LogP contribution >= 0.6 is 0 Å². The standard InChI is InChI=1S/C15H19NO2/c1-10-7-11(2)15-12(5-4-6-14(17)18)9-16(3)13(15)8-10/h7-9H,4-6H2,1-3H3,(H,17,18). The van der Waals surface area contributed by atoms with Gasteiger partial charge in [0.1, 0.15) is 0 Å². The van der Waals surface area contributed by atoms with Gasteiger partial charge < -0.3 is 9.67 Å². The Balaban J connectivity index is 2.37. The van der Waals surface area contributed by atoms with Crippen LogP contribution in [-0.2, 0) is 18.3 Å². The summed E-state index contributed by atoms with van der Waals surface area (Å²) in [5.41, 5.74) is 5.03. The van der Waals surface area contributed by atoms with Crippen molar-refractivity contribution < 1.29 is 9.90 Å². The Labute approximate surface area is 107 Å². The van der Waals surface area contributed by atoms with Gasteiger partial charge in [0.15, 0.2) is 0 Å². The lowest BCUT2D eigenvalue weighted by molar-refractivity contribution is -0.137. The van der Waals surface area contributed by atoms with E-state index in [9.17, 15) is 4.79 Å². The quantitative estimate of drug-likeness (QED) is 0.898. The lowest BCUT2D eigenvalue weighted by Crippen LogP contribution is -1.95. The lowest BCUT2D eigenvalue weighted by atomic mass is 10.0. The highest BCUT2D eigenvalue weighted by molar-refractivity contribution is 5.87. The molecule has 0 amide bonds. The van der Waals surface area contributed by atoms with E-state index in [1.807, 2.05) is 7.05 Å². The number of hydrogen-bond acceptors (Lipinski definition) is 1. The molecule has 0 unspecified atom stereocenters. The maximum Gasteiger partial charge on any atom is 0.303 e. The number of aromatic nitrogens is 1. The van der Waals surface area contributed by atoms with Crippen LogP contribution in [0.1, 0.15) is 29.5 Å². The van der Waals surface area contributed by atoms with Gasteiger partial charge in [-0.2, -0.15) is 0 Å². The van der Waals surface area contributed by atoms with Crippen LogP contribution in [0.5, 0.6) is 0 Å². The van der Waals surface area contributed by atoms with Gasteiger partial charge in [0.25, 0.3) is 0 Å². The second kappa shape index (κ2) is 4.84. The highest BCUT2D eigenvalue weighted by Crippen LogP contribution is 2.26. The summed E-state index contributed by atoms with van der Waals surface area (Å²) in [7, 11) is 2.04. The van der Waals surface area contributed by atoms with Gasteiger partial charge >= 0.3 is 5.97 Å².